The molecule has 2 aliphatic heterocycles. The lowest BCUT2D eigenvalue weighted by Gasteiger charge is -2.34. The molecule has 3 fully saturated rings. The highest BCUT2D eigenvalue weighted by atomic mass is 16.3. The number of amides is 3. The number of aliphatic hydroxyl groups is 1. The molecule has 0 spiro atoms. The first kappa shape index (κ1) is 25.4. The maximum absolute atomic E-state index is 13.9. The van der Waals surface area contributed by atoms with Crippen LogP contribution in [0.15, 0.2) is 36.5 Å². The van der Waals surface area contributed by atoms with Gasteiger partial charge < -0.3 is 20.2 Å². The van der Waals surface area contributed by atoms with Gasteiger partial charge in [-0.05, 0) is 43.7 Å². The SMILES string of the molecule is CC1CC(NC(=O)[C@@H]2C[C@@H](O)CN2C(=O)[C@@H](n2cc(C3CC3)nn2)C(C)(C)C)C(=O)N1c1ccccc1. The molecule has 198 valence electrons. The summed E-state index contributed by atoms with van der Waals surface area (Å²) in [6, 6.07) is 7.06. The second-order valence-corrected chi connectivity index (χ2v) is 11.8. The van der Waals surface area contributed by atoms with Crippen LogP contribution in [0.5, 0.6) is 0 Å². The lowest BCUT2D eigenvalue weighted by atomic mass is 9.85. The van der Waals surface area contributed by atoms with Crippen LogP contribution in [0.2, 0.25) is 0 Å². The van der Waals surface area contributed by atoms with E-state index in [0.29, 0.717) is 12.3 Å². The van der Waals surface area contributed by atoms with Crippen molar-refractivity contribution in [3.63, 3.8) is 0 Å². The molecule has 10 nitrogen and oxygen atoms in total. The molecule has 1 aromatic carbocycles. The van der Waals surface area contributed by atoms with Crippen LogP contribution in [-0.4, -0.2) is 73.5 Å². The number of aliphatic hydroxyl groups excluding tert-OH is 1. The van der Waals surface area contributed by atoms with Crippen LogP contribution in [0.1, 0.15) is 71.0 Å². The summed E-state index contributed by atoms with van der Waals surface area (Å²) < 4.78 is 1.61. The number of hydrogen-bond donors (Lipinski definition) is 2. The molecule has 3 aliphatic rings. The highest BCUT2D eigenvalue weighted by Crippen LogP contribution is 2.40. The standard InChI is InChI=1S/C27H36N6O4/c1-16-12-20(25(36)33(16)18-8-6-5-7-9-18)28-24(35)22-13-19(34)14-31(22)26(37)23(27(2,3)4)32-15-21(29-30-32)17-10-11-17/h5-9,15-17,19-20,22-23,34H,10-14H2,1-4H3,(H,28,35)/t16?,19-,20?,22+,23-/m1/s1. The van der Waals surface area contributed by atoms with Crippen molar-refractivity contribution in [2.45, 2.75) is 89.6 Å². The van der Waals surface area contributed by atoms with Gasteiger partial charge in [-0.1, -0.05) is 44.2 Å². The van der Waals surface area contributed by atoms with E-state index in [1.54, 1.807) is 9.58 Å². The summed E-state index contributed by atoms with van der Waals surface area (Å²) in [5.41, 5.74) is 1.17. The Morgan fingerprint density at radius 3 is 2.49 bits per heavy atom. The van der Waals surface area contributed by atoms with E-state index < -0.39 is 35.6 Å². The molecule has 0 radical (unpaired) electrons. The zero-order chi connectivity index (χ0) is 26.5. The van der Waals surface area contributed by atoms with Crippen LogP contribution in [0, 0.1) is 5.41 Å². The zero-order valence-corrected chi connectivity index (χ0v) is 21.9. The monoisotopic (exact) mass is 508 g/mol. The molecule has 1 aliphatic carbocycles. The summed E-state index contributed by atoms with van der Waals surface area (Å²) in [5, 5.41) is 21.9. The van der Waals surface area contributed by atoms with Crippen LogP contribution in [0.4, 0.5) is 5.69 Å². The summed E-state index contributed by atoms with van der Waals surface area (Å²) in [7, 11) is 0. The highest BCUT2D eigenvalue weighted by Gasteiger charge is 2.47. The Balaban J connectivity index is 1.33. The van der Waals surface area contributed by atoms with Crippen molar-refractivity contribution in [2.75, 3.05) is 11.4 Å². The molecule has 3 amide bonds. The van der Waals surface area contributed by atoms with E-state index in [1.807, 2.05) is 64.2 Å². The Morgan fingerprint density at radius 2 is 1.84 bits per heavy atom. The van der Waals surface area contributed by atoms with Gasteiger partial charge in [0, 0.05) is 36.8 Å². The molecule has 5 atom stereocenters. The molecule has 1 saturated carbocycles. The van der Waals surface area contributed by atoms with Gasteiger partial charge in [0.1, 0.15) is 18.1 Å². The molecule has 0 bridgehead atoms. The molecule has 10 heteroatoms. The van der Waals surface area contributed by atoms with Crippen molar-refractivity contribution in [1.82, 2.24) is 25.2 Å². The van der Waals surface area contributed by atoms with E-state index in [2.05, 4.69) is 15.6 Å². The normalized spacial score (nSPS) is 27.0. The fraction of sp³-hybridized carbons (Fsp3) is 0.593. The van der Waals surface area contributed by atoms with E-state index in [-0.39, 0.29) is 30.8 Å². The van der Waals surface area contributed by atoms with E-state index in [0.717, 1.165) is 24.2 Å². The number of nitrogens with zero attached hydrogens (tertiary/aromatic N) is 5. The highest BCUT2D eigenvalue weighted by molar-refractivity contribution is 6.02. The Bertz CT molecular complexity index is 1170. The Morgan fingerprint density at radius 1 is 1.14 bits per heavy atom. The largest absolute Gasteiger partial charge is 0.391 e. The van der Waals surface area contributed by atoms with Crippen LogP contribution in [0.3, 0.4) is 0 Å². The van der Waals surface area contributed by atoms with Crippen molar-refractivity contribution in [3.05, 3.63) is 42.2 Å². The van der Waals surface area contributed by atoms with Crippen LogP contribution in [-0.2, 0) is 14.4 Å². The molecule has 3 heterocycles. The summed E-state index contributed by atoms with van der Waals surface area (Å²) in [6.07, 6.45) is 3.76. The number of nitrogens with one attached hydrogen (secondary N) is 1. The van der Waals surface area contributed by atoms with Gasteiger partial charge in [-0.25, -0.2) is 4.68 Å². The minimum Gasteiger partial charge on any atom is -0.391 e. The predicted molar refractivity (Wildman–Crippen MR) is 137 cm³/mol. The van der Waals surface area contributed by atoms with Gasteiger partial charge in [0.25, 0.3) is 0 Å². The van der Waals surface area contributed by atoms with Crippen molar-refractivity contribution in [1.29, 1.82) is 0 Å². The average molecular weight is 509 g/mol. The molecular formula is C27H36N6O4. The Hall–Kier alpha value is -3.27. The molecule has 2 unspecified atom stereocenters. The van der Waals surface area contributed by atoms with Gasteiger partial charge >= 0.3 is 0 Å². The molecular weight excluding hydrogens is 472 g/mol. The van der Waals surface area contributed by atoms with Gasteiger partial charge in [0.15, 0.2) is 0 Å². The van der Waals surface area contributed by atoms with E-state index in [1.165, 1.54) is 4.90 Å². The number of carbonyl (C=O) groups is 3. The zero-order valence-electron chi connectivity index (χ0n) is 21.9. The van der Waals surface area contributed by atoms with Crippen LogP contribution < -0.4 is 10.2 Å². The topological polar surface area (TPSA) is 121 Å². The number of rotatable bonds is 6. The van der Waals surface area contributed by atoms with Gasteiger partial charge in [-0.2, -0.15) is 0 Å². The lowest BCUT2D eigenvalue weighted by molar-refractivity contribution is -0.144. The van der Waals surface area contributed by atoms with Crippen LogP contribution >= 0.6 is 0 Å². The van der Waals surface area contributed by atoms with Crippen LogP contribution in [0.25, 0.3) is 0 Å². The molecule has 2 aromatic rings. The summed E-state index contributed by atoms with van der Waals surface area (Å²) >= 11 is 0. The number of para-hydroxylation sites is 1. The van der Waals surface area contributed by atoms with E-state index >= 15 is 0 Å². The number of hydrogen-bond acceptors (Lipinski definition) is 6. The quantitative estimate of drug-likeness (QED) is 0.616. The fourth-order valence-electron chi connectivity index (χ4n) is 5.62. The Kier molecular flexibility index (Phi) is 6.55. The molecule has 2 N–H and O–H groups in total. The molecule has 37 heavy (non-hydrogen) atoms. The van der Waals surface area contributed by atoms with E-state index in [4.69, 9.17) is 0 Å². The van der Waals surface area contributed by atoms with Crippen molar-refractivity contribution in [2.24, 2.45) is 5.41 Å². The number of β-amino-alcohol motifs (C(OH)–C–C–N with tert-alkyl or cyclic N) is 1. The van der Waals surface area contributed by atoms with Gasteiger partial charge in [-0.15, -0.1) is 5.10 Å². The lowest BCUT2D eigenvalue weighted by Crippen LogP contribution is -2.53. The van der Waals surface area contributed by atoms with E-state index in [9.17, 15) is 19.5 Å². The molecule has 2 saturated heterocycles. The first-order valence-electron chi connectivity index (χ1n) is 13.1. The van der Waals surface area contributed by atoms with Crippen molar-refractivity contribution < 1.29 is 19.5 Å². The number of benzene rings is 1. The first-order valence-corrected chi connectivity index (χ1v) is 13.1. The van der Waals surface area contributed by atoms with Gasteiger partial charge in [-0.3, -0.25) is 14.4 Å². The smallest absolute Gasteiger partial charge is 0.249 e. The van der Waals surface area contributed by atoms with Crippen molar-refractivity contribution >= 4 is 23.4 Å². The fourth-order valence-corrected chi connectivity index (χ4v) is 5.62. The summed E-state index contributed by atoms with van der Waals surface area (Å²) in [6.45, 7) is 7.86. The van der Waals surface area contributed by atoms with Crippen molar-refractivity contribution in [3.8, 4) is 0 Å². The minimum absolute atomic E-state index is 0.0544. The van der Waals surface area contributed by atoms with Gasteiger partial charge in [0.05, 0.1) is 11.8 Å². The summed E-state index contributed by atoms with van der Waals surface area (Å²) in [5.74, 6) is -0.478. The first-order chi connectivity index (χ1) is 17.5. The van der Waals surface area contributed by atoms with Gasteiger partial charge in [0.2, 0.25) is 17.7 Å². The number of likely N-dealkylation sites (tertiary alicyclic amines) is 1. The average Bonchev–Trinajstić information content (AvgIpc) is 3.34. The molecule has 5 rings (SSSR count). The third kappa shape index (κ3) is 4.99. The number of carbonyl (C=O) groups excluding carboxylic acids is 3. The Labute approximate surface area is 217 Å². The molecule has 1 aromatic heterocycles. The second-order valence-electron chi connectivity index (χ2n) is 11.8. The number of anilines is 1. The second kappa shape index (κ2) is 9.55. The summed E-state index contributed by atoms with van der Waals surface area (Å²) in [4.78, 5) is 43.7. The third-order valence-electron chi connectivity index (χ3n) is 7.61. The predicted octanol–water partition coefficient (Wildman–Crippen LogP) is 2.01. The maximum Gasteiger partial charge on any atom is 0.249 e. The maximum atomic E-state index is 13.9. The minimum atomic E-state index is -0.868. The number of aromatic nitrogens is 3. The third-order valence-corrected chi connectivity index (χ3v) is 7.61.